The summed E-state index contributed by atoms with van der Waals surface area (Å²) >= 11 is 0. The van der Waals surface area contributed by atoms with Crippen LogP contribution in [0, 0.1) is 0 Å². The molecular weight excluding hydrogens is 262 g/mol. The highest BCUT2D eigenvalue weighted by Crippen LogP contribution is 2.12. The lowest BCUT2D eigenvalue weighted by molar-refractivity contribution is 0.340. The zero-order valence-corrected chi connectivity index (χ0v) is 11.0. The molecule has 1 aromatic heterocycles. The van der Waals surface area contributed by atoms with Gasteiger partial charge in [0.05, 0.1) is 13.2 Å². The van der Waals surface area contributed by atoms with Crippen LogP contribution in [0.25, 0.3) is 0 Å². The van der Waals surface area contributed by atoms with Gasteiger partial charge >= 0.3 is 11.2 Å². The molecule has 0 fully saturated rings. The topological polar surface area (TPSA) is 97.2 Å². The first-order valence-corrected chi connectivity index (χ1v) is 6.22. The zero-order valence-electron chi connectivity index (χ0n) is 11.0. The summed E-state index contributed by atoms with van der Waals surface area (Å²) < 4.78 is 6.35. The number of benzene rings is 1. The molecule has 2 rings (SSSR count). The van der Waals surface area contributed by atoms with Gasteiger partial charge in [0, 0.05) is 0 Å². The summed E-state index contributed by atoms with van der Waals surface area (Å²) in [7, 11) is 0. The third-order valence-corrected chi connectivity index (χ3v) is 2.72. The Hall–Kier alpha value is -2.57. The van der Waals surface area contributed by atoms with E-state index in [2.05, 4.69) is 5.10 Å². The first-order chi connectivity index (χ1) is 9.60. The maximum Gasteiger partial charge on any atom is 0.344 e. The Morgan fingerprint density at radius 3 is 2.65 bits per heavy atom. The van der Waals surface area contributed by atoms with E-state index >= 15 is 0 Å². The number of nitrogens with zero attached hydrogens (tertiary/aromatic N) is 2. The van der Waals surface area contributed by atoms with Crippen LogP contribution in [0.2, 0.25) is 0 Å². The smallest absolute Gasteiger partial charge is 0.344 e. The molecule has 0 unspecified atom stereocenters. The molecule has 0 saturated carbocycles. The minimum absolute atomic E-state index is 0.261. The van der Waals surface area contributed by atoms with Gasteiger partial charge in [-0.15, -0.1) is 5.10 Å². The fourth-order valence-electron chi connectivity index (χ4n) is 1.73. The number of rotatable bonds is 5. The zero-order chi connectivity index (χ0) is 14.5. The molecule has 2 N–H and O–H groups in total. The van der Waals surface area contributed by atoms with Gasteiger partial charge in [0.2, 0.25) is 0 Å². The summed E-state index contributed by atoms with van der Waals surface area (Å²) in [6.45, 7) is 2.78. The van der Waals surface area contributed by atoms with Crippen LogP contribution in [0.5, 0.6) is 11.6 Å². The van der Waals surface area contributed by atoms with Crippen molar-refractivity contribution in [3.05, 3.63) is 50.7 Å². The van der Waals surface area contributed by atoms with Crippen LogP contribution in [0.1, 0.15) is 12.5 Å². The predicted octanol–water partition coefficient (Wildman–Crippen LogP) is 0.279. The van der Waals surface area contributed by atoms with E-state index in [0.29, 0.717) is 13.0 Å². The van der Waals surface area contributed by atoms with Crippen LogP contribution in [-0.2, 0) is 13.0 Å². The average molecular weight is 277 g/mol. The second-order valence-corrected chi connectivity index (χ2v) is 4.13. The maximum atomic E-state index is 11.5. The summed E-state index contributed by atoms with van der Waals surface area (Å²) in [5.41, 5.74) is -0.529. The van der Waals surface area contributed by atoms with Gasteiger partial charge < -0.3 is 9.84 Å². The lowest BCUT2D eigenvalue weighted by Crippen LogP contribution is -2.32. The van der Waals surface area contributed by atoms with E-state index in [-0.39, 0.29) is 6.54 Å². The molecular formula is C13H15N3O4. The van der Waals surface area contributed by atoms with Crippen molar-refractivity contribution in [3.8, 4) is 11.6 Å². The van der Waals surface area contributed by atoms with Gasteiger partial charge in [0.1, 0.15) is 5.75 Å². The molecule has 0 spiro atoms. The van der Waals surface area contributed by atoms with E-state index in [1.54, 1.807) is 0 Å². The predicted molar refractivity (Wildman–Crippen MR) is 72.1 cm³/mol. The Bertz CT molecular complexity index is 688. The van der Waals surface area contributed by atoms with Crippen molar-refractivity contribution < 1.29 is 9.84 Å². The Balaban J connectivity index is 2.07. The number of ether oxygens (including phenoxy) is 1. The Morgan fingerprint density at radius 1 is 1.30 bits per heavy atom. The molecule has 0 bridgehead atoms. The molecule has 7 heteroatoms. The minimum atomic E-state index is -0.882. The third-order valence-electron chi connectivity index (χ3n) is 2.72. The number of aromatic hydroxyl groups is 1. The standard InChI is InChI=1S/C13H15N3O4/c1-2-20-10-5-3-9(4-6-10)7-8-16-13(19)14-11(17)12(18)15-16/h3-6H,2,7-8H2,1H3,(H,15,18)(H,14,17,19). The first kappa shape index (κ1) is 13.9. The van der Waals surface area contributed by atoms with Gasteiger partial charge in [-0.25, -0.2) is 9.48 Å². The van der Waals surface area contributed by atoms with E-state index in [0.717, 1.165) is 16.0 Å². The number of H-pyrrole nitrogens is 1. The van der Waals surface area contributed by atoms with Crippen molar-refractivity contribution in [3.63, 3.8) is 0 Å². The second-order valence-electron chi connectivity index (χ2n) is 4.13. The highest BCUT2D eigenvalue weighted by atomic mass is 16.5. The van der Waals surface area contributed by atoms with Gasteiger partial charge in [0.25, 0.3) is 5.88 Å². The molecule has 0 saturated heterocycles. The summed E-state index contributed by atoms with van der Waals surface area (Å²) in [5.74, 6) is 0.0736. The monoisotopic (exact) mass is 277 g/mol. The number of hydrogen-bond acceptors (Lipinski definition) is 5. The van der Waals surface area contributed by atoms with E-state index in [9.17, 15) is 14.7 Å². The minimum Gasteiger partial charge on any atom is -0.494 e. The third kappa shape index (κ3) is 3.25. The van der Waals surface area contributed by atoms with Crippen molar-refractivity contribution in [2.24, 2.45) is 0 Å². The van der Waals surface area contributed by atoms with E-state index in [4.69, 9.17) is 4.74 Å². The summed E-state index contributed by atoms with van der Waals surface area (Å²) in [5, 5.41) is 12.7. The van der Waals surface area contributed by atoms with Gasteiger partial charge in [-0.3, -0.25) is 9.78 Å². The number of nitrogens with one attached hydrogen (secondary N) is 1. The van der Waals surface area contributed by atoms with Gasteiger partial charge in [-0.05, 0) is 31.0 Å². The van der Waals surface area contributed by atoms with E-state index in [1.165, 1.54) is 0 Å². The Morgan fingerprint density at radius 2 is 2.00 bits per heavy atom. The Kier molecular flexibility index (Phi) is 4.19. The van der Waals surface area contributed by atoms with Crippen molar-refractivity contribution in [1.29, 1.82) is 0 Å². The molecule has 2 aromatic rings. The molecule has 1 aromatic carbocycles. The molecule has 20 heavy (non-hydrogen) atoms. The van der Waals surface area contributed by atoms with Crippen LogP contribution in [-0.4, -0.2) is 26.5 Å². The average Bonchev–Trinajstić information content (AvgIpc) is 2.43. The second kappa shape index (κ2) is 6.05. The van der Waals surface area contributed by atoms with Crippen molar-refractivity contribution in [2.45, 2.75) is 19.9 Å². The van der Waals surface area contributed by atoms with Crippen molar-refractivity contribution in [1.82, 2.24) is 14.8 Å². The fraction of sp³-hybridized carbons (Fsp3) is 0.308. The number of aromatic nitrogens is 3. The van der Waals surface area contributed by atoms with Crippen LogP contribution in [0.4, 0.5) is 0 Å². The van der Waals surface area contributed by atoms with Crippen LogP contribution in [0.3, 0.4) is 0 Å². The molecule has 0 aliphatic carbocycles. The van der Waals surface area contributed by atoms with Crippen molar-refractivity contribution in [2.75, 3.05) is 6.61 Å². The van der Waals surface area contributed by atoms with Gasteiger partial charge in [-0.1, -0.05) is 12.1 Å². The molecule has 0 aliphatic heterocycles. The van der Waals surface area contributed by atoms with Crippen molar-refractivity contribution >= 4 is 0 Å². The van der Waals surface area contributed by atoms with Crippen LogP contribution < -0.4 is 16.0 Å². The molecule has 0 atom stereocenters. The highest BCUT2D eigenvalue weighted by Gasteiger charge is 2.04. The summed E-state index contributed by atoms with van der Waals surface area (Å²) in [4.78, 5) is 24.4. The van der Waals surface area contributed by atoms with Gasteiger partial charge in [0.15, 0.2) is 0 Å². The number of aryl methyl sites for hydroxylation is 2. The highest BCUT2D eigenvalue weighted by molar-refractivity contribution is 5.27. The molecule has 0 aliphatic rings. The molecule has 0 amide bonds. The van der Waals surface area contributed by atoms with Crippen LogP contribution in [0.15, 0.2) is 33.9 Å². The molecule has 106 valence electrons. The van der Waals surface area contributed by atoms with E-state index in [1.807, 2.05) is 36.2 Å². The molecule has 1 heterocycles. The maximum absolute atomic E-state index is 11.5. The van der Waals surface area contributed by atoms with Gasteiger partial charge in [-0.2, -0.15) is 0 Å². The molecule has 0 radical (unpaired) electrons. The summed E-state index contributed by atoms with van der Waals surface area (Å²) in [6, 6.07) is 7.47. The largest absolute Gasteiger partial charge is 0.494 e. The molecule has 7 nitrogen and oxygen atoms in total. The number of aromatic amines is 1. The fourth-order valence-corrected chi connectivity index (χ4v) is 1.73. The first-order valence-electron chi connectivity index (χ1n) is 6.22. The number of hydrogen-bond donors (Lipinski definition) is 2. The quantitative estimate of drug-likeness (QED) is 0.818. The normalized spacial score (nSPS) is 10.4. The SMILES string of the molecule is CCOc1ccc(CCn2nc(O)c(=O)[nH]c2=O)cc1. The van der Waals surface area contributed by atoms with E-state index < -0.39 is 17.1 Å². The Labute approximate surface area is 114 Å². The van der Waals surface area contributed by atoms with Crippen LogP contribution >= 0.6 is 0 Å². The lowest BCUT2D eigenvalue weighted by Gasteiger charge is -2.06. The summed E-state index contributed by atoms with van der Waals surface area (Å²) in [6.07, 6.45) is 0.546. The lowest BCUT2D eigenvalue weighted by atomic mass is 10.1.